The van der Waals surface area contributed by atoms with Crippen LogP contribution in [0.3, 0.4) is 0 Å². The summed E-state index contributed by atoms with van der Waals surface area (Å²) in [4.78, 5) is 18.2. The highest BCUT2D eigenvalue weighted by atomic mass is 32.2. The largest absolute Gasteiger partial charge is 0.497 e. The van der Waals surface area contributed by atoms with E-state index in [0.717, 1.165) is 45.9 Å². The zero-order valence-corrected chi connectivity index (χ0v) is 17.9. The van der Waals surface area contributed by atoms with E-state index in [1.807, 2.05) is 30.3 Å². The number of hydrogen-bond acceptors (Lipinski definition) is 4. The molecule has 3 aromatic rings. The summed E-state index contributed by atoms with van der Waals surface area (Å²) in [6.07, 6.45) is 6.71. The number of amides is 1. The molecule has 146 valence electrons. The lowest BCUT2D eigenvalue weighted by molar-refractivity contribution is 0.0997. The fourth-order valence-corrected chi connectivity index (χ4v) is 5.08. The number of aryl methyl sites for hydroxylation is 3. The van der Waals surface area contributed by atoms with Crippen LogP contribution < -0.4 is 9.54 Å². The monoisotopic (exact) mass is 412 g/mol. The van der Waals surface area contributed by atoms with Crippen molar-refractivity contribution in [3.8, 4) is 5.75 Å². The van der Waals surface area contributed by atoms with E-state index >= 15 is 0 Å². The molecule has 0 saturated heterocycles. The summed E-state index contributed by atoms with van der Waals surface area (Å²) in [7, 11) is 1.67. The maximum absolute atomic E-state index is 12.9. The van der Waals surface area contributed by atoms with Crippen LogP contribution in [0.25, 0.3) is 10.2 Å². The molecule has 0 radical (unpaired) electrons. The van der Waals surface area contributed by atoms with E-state index in [9.17, 15) is 4.79 Å². The van der Waals surface area contributed by atoms with Gasteiger partial charge >= 0.3 is 0 Å². The number of carbonyl (C=O) groups is 1. The lowest BCUT2D eigenvalue weighted by atomic mass is 9.90. The van der Waals surface area contributed by atoms with Crippen LogP contribution in [-0.2, 0) is 19.4 Å². The molecule has 1 aliphatic carbocycles. The van der Waals surface area contributed by atoms with Gasteiger partial charge in [0, 0.05) is 23.9 Å². The quantitative estimate of drug-likeness (QED) is 0.610. The summed E-state index contributed by atoms with van der Waals surface area (Å²) in [5.74, 6) is 1.61. The van der Waals surface area contributed by atoms with E-state index in [1.165, 1.54) is 24.0 Å². The van der Waals surface area contributed by atoms with Crippen LogP contribution in [0.15, 0.2) is 41.4 Å². The molecule has 28 heavy (non-hydrogen) atoms. The number of rotatable bonds is 5. The highest BCUT2D eigenvalue weighted by Crippen LogP contribution is 2.24. The Labute approximate surface area is 173 Å². The molecule has 4 nitrogen and oxygen atoms in total. The number of hydrogen-bond donors (Lipinski definition) is 0. The van der Waals surface area contributed by atoms with Crippen molar-refractivity contribution < 1.29 is 9.53 Å². The molecule has 0 atom stereocenters. The van der Waals surface area contributed by atoms with Gasteiger partial charge in [-0.1, -0.05) is 17.4 Å². The molecule has 1 amide bonds. The SMILES string of the molecule is COc1ccc2sc(=NC(=O)c3ccc4c(c3)CCCC4)n(CCSC)c2c1. The van der Waals surface area contributed by atoms with Gasteiger partial charge in [0.15, 0.2) is 4.80 Å². The minimum Gasteiger partial charge on any atom is -0.497 e. The van der Waals surface area contributed by atoms with Crippen molar-refractivity contribution in [2.75, 3.05) is 19.1 Å². The third-order valence-electron chi connectivity index (χ3n) is 5.20. The van der Waals surface area contributed by atoms with E-state index < -0.39 is 0 Å². The smallest absolute Gasteiger partial charge is 0.279 e. The highest BCUT2D eigenvalue weighted by molar-refractivity contribution is 7.98. The topological polar surface area (TPSA) is 43.6 Å². The number of ether oxygens (including phenoxy) is 1. The standard InChI is InChI=1S/C22H24N2O2S2/c1-26-18-9-10-20-19(14-18)24(11-12-27-2)22(28-20)23-21(25)17-8-7-15-5-3-4-6-16(15)13-17/h7-10,13-14H,3-6,11-12H2,1-2H3. The van der Waals surface area contributed by atoms with Gasteiger partial charge in [-0.05, 0) is 67.3 Å². The van der Waals surface area contributed by atoms with Gasteiger partial charge < -0.3 is 9.30 Å². The van der Waals surface area contributed by atoms with Crippen LogP contribution in [0.5, 0.6) is 5.75 Å². The third kappa shape index (κ3) is 3.89. The van der Waals surface area contributed by atoms with E-state index in [-0.39, 0.29) is 5.91 Å². The Morgan fingerprint density at radius 2 is 2.00 bits per heavy atom. The second-order valence-electron chi connectivity index (χ2n) is 6.97. The first-order valence-electron chi connectivity index (χ1n) is 9.57. The molecule has 0 fully saturated rings. The van der Waals surface area contributed by atoms with Crippen LogP contribution in [0.4, 0.5) is 0 Å². The number of carbonyl (C=O) groups excluding carboxylic acids is 1. The second-order valence-corrected chi connectivity index (χ2v) is 8.96. The Hall–Kier alpha value is -2.05. The van der Waals surface area contributed by atoms with Crippen LogP contribution in [0.2, 0.25) is 0 Å². The van der Waals surface area contributed by atoms with Crippen molar-refractivity contribution in [2.45, 2.75) is 32.2 Å². The Bertz CT molecular complexity index is 1080. The van der Waals surface area contributed by atoms with Gasteiger partial charge in [0.2, 0.25) is 0 Å². The fourth-order valence-electron chi connectivity index (χ4n) is 3.68. The summed E-state index contributed by atoms with van der Waals surface area (Å²) in [5, 5.41) is 0. The number of nitrogens with zero attached hydrogens (tertiary/aromatic N) is 2. The van der Waals surface area contributed by atoms with E-state index in [4.69, 9.17) is 4.74 Å². The summed E-state index contributed by atoms with van der Waals surface area (Å²) in [6, 6.07) is 12.1. The Morgan fingerprint density at radius 3 is 2.79 bits per heavy atom. The van der Waals surface area contributed by atoms with Crippen molar-refractivity contribution in [1.82, 2.24) is 4.57 Å². The zero-order chi connectivity index (χ0) is 19.5. The normalized spacial score (nSPS) is 14.3. The number of benzene rings is 2. The number of aromatic nitrogens is 1. The molecule has 0 bridgehead atoms. The molecule has 1 heterocycles. The van der Waals surface area contributed by atoms with Crippen molar-refractivity contribution in [2.24, 2.45) is 4.99 Å². The Kier molecular flexibility index (Phi) is 5.87. The first-order valence-corrected chi connectivity index (χ1v) is 11.8. The molecule has 6 heteroatoms. The van der Waals surface area contributed by atoms with E-state index in [0.29, 0.717) is 5.56 Å². The maximum atomic E-state index is 12.9. The number of thiazole rings is 1. The van der Waals surface area contributed by atoms with Crippen LogP contribution in [0, 0.1) is 0 Å². The van der Waals surface area contributed by atoms with Gasteiger partial charge in [0.05, 0.1) is 17.3 Å². The predicted octanol–water partition coefficient (Wildman–Crippen LogP) is 4.69. The van der Waals surface area contributed by atoms with Crippen molar-refractivity contribution in [3.05, 3.63) is 57.9 Å². The summed E-state index contributed by atoms with van der Waals surface area (Å²) < 4.78 is 8.63. The number of methoxy groups -OCH3 is 1. The molecule has 1 aliphatic rings. The molecule has 1 aromatic heterocycles. The van der Waals surface area contributed by atoms with Crippen LogP contribution >= 0.6 is 23.1 Å². The average molecular weight is 413 g/mol. The molecule has 4 rings (SSSR count). The molecular formula is C22H24N2O2S2. The van der Waals surface area contributed by atoms with Crippen LogP contribution in [-0.4, -0.2) is 29.6 Å². The van der Waals surface area contributed by atoms with E-state index in [1.54, 1.807) is 30.2 Å². The molecule has 0 saturated carbocycles. The molecule has 0 aliphatic heterocycles. The van der Waals surface area contributed by atoms with Gasteiger partial charge in [-0.15, -0.1) is 0 Å². The summed E-state index contributed by atoms with van der Waals surface area (Å²) in [5.41, 5.74) is 4.44. The van der Waals surface area contributed by atoms with Gasteiger partial charge in [-0.2, -0.15) is 16.8 Å². The van der Waals surface area contributed by atoms with Gasteiger partial charge in [-0.25, -0.2) is 0 Å². The minimum atomic E-state index is -0.162. The van der Waals surface area contributed by atoms with Crippen LogP contribution in [0.1, 0.15) is 34.3 Å². The number of fused-ring (bicyclic) bond motifs is 2. The predicted molar refractivity (Wildman–Crippen MR) is 118 cm³/mol. The molecule has 0 unspecified atom stereocenters. The lowest BCUT2D eigenvalue weighted by Crippen LogP contribution is -2.18. The van der Waals surface area contributed by atoms with Gasteiger partial charge in [0.1, 0.15) is 5.75 Å². The molecule has 0 spiro atoms. The van der Waals surface area contributed by atoms with Crippen molar-refractivity contribution >= 4 is 39.2 Å². The summed E-state index contributed by atoms with van der Waals surface area (Å²) in [6.45, 7) is 0.810. The van der Waals surface area contributed by atoms with Gasteiger partial charge in [-0.3, -0.25) is 4.79 Å². The summed E-state index contributed by atoms with van der Waals surface area (Å²) >= 11 is 3.34. The highest BCUT2D eigenvalue weighted by Gasteiger charge is 2.14. The molecule has 2 aromatic carbocycles. The zero-order valence-electron chi connectivity index (χ0n) is 16.2. The van der Waals surface area contributed by atoms with Gasteiger partial charge in [0.25, 0.3) is 5.91 Å². The molecule has 0 N–H and O–H groups in total. The number of thioether (sulfide) groups is 1. The molecular weight excluding hydrogens is 388 g/mol. The minimum absolute atomic E-state index is 0.162. The Balaban J connectivity index is 1.76. The first-order chi connectivity index (χ1) is 13.7. The maximum Gasteiger partial charge on any atom is 0.279 e. The fraction of sp³-hybridized carbons (Fsp3) is 0.364. The average Bonchev–Trinajstić information content (AvgIpc) is 3.07. The first kappa shape index (κ1) is 19.3. The lowest BCUT2D eigenvalue weighted by Gasteiger charge is -2.15. The Morgan fingerprint density at radius 1 is 1.18 bits per heavy atom. The van der Waals surface area contributed by atoms with Crippen molar-refractivity contribution in [1.29, 1.82) is 0 Å². The third-order valence-corrected chi connectivity index (χ3v) is 6.85. The van der Waals surface area contributed by atoms with Crippen molar-refractivity contribution in [3.63, 3.8) is 0 Å². The van der Waals surface area contributed by atoms with E-state index in [2.05, 4.69) is 21.9 Å². The second kappa shape index (κ2) is 8.53.